The Hall–Kier alpha value is -2.18. The van der Waals surface area contributed by atoms with Gasteiger partial charge in [0.2, 0.25) is 15.9 Å². The largest absolute Gasteiger partial charge is 0.326 e. The van der Waals surface area contributed by atoms with Crippen molar-refractivity contribution in [1.82, 2.24) is 4.72 Å². The molecule has 0 radical (unpaired) electrons. The van der Waals surface area contributed by atoms with Crippen LogP contribution in [0.3, 0.4) is 0 Å². The van der Waals surface area contributed by atoms with E-state index in [0.29, 0.717) is 18.5 Å². The van der Waals surface area contributed by atoms with Crippen LogP contribution in [0.1, 0.15) is 30.9 Å². The molecule has 2 N–H and O–H groups in total. The number of nitrogens with one attached hydrogen (secondary N) is 2. The van der Waals surface area contributed by atoms with Gasteiger partial charge in [-0.05, 0) is 55.5 Å². The third-order valence-corrected chi connectivity index (χ3v) is 5.93. The number of sulfonamides is 1. The van der Waals surface area contributed by atoms with Crippen LogP contribution in [0.5, 0.6) is 0 Å². The van der Waals surface area contributed by atoms with Gasteiger partial charge in [-0.1, -0.05) is 30.3 Å². The van der Waals surface area contributed by atoms with Crippen LogP contribution in [-0.4, -0.2) is 20.4 Å². The molecule has 1 aliphatic rings. The topological polar surface area (TPSA) is 75.3 Å². The number of hydrogen-bond donors (Lipinski definition) is 2. The first-order valence-electron chi connectivity index (χ1n) is 8.43. The molecular formula is C19H22N2O3S. The summed E-state index contributed by atoms with van der Waals surface area (Å²) in [5.74, 6) is -0.0317. The Balaban J connectivity index is 1.66. The number of benzene rings is 2. The van der Waals surface area contributed by atoms with Crippen molar-refractivity contribution in [3.63, 3.8) is 0 Å². The Kier molecular flexibility index (Phi) is 5.20. The van der Waals surface area contributed by atoms with Crippen molar-refractivity contribution >= 4 is 21.6 Å². The Bertz CT molecular complexity index is 863. The van der Waals surface area contributed by atoms with Crippen molar-refractivity contribution in [2.75, 3.05) is 5.32 Å². The summed E-state index contributed by atoms with van der Waals surface area (Å²) >= 11 is 0. The number of carbonyl (C=O) groups excluding carboxylic acids is 1. The average molecular weight is 358 g/mol. The normalized spacial score (nSPS) is 15.3. The number of fused-ring (bicyclic) bond motifs is 1. The highest BCUT2D eigenvalue weighted by Crippen LogP contribution is 2.25. The van der Waals surface area contributed by atoms with Gasteiger partial charge in [0.05, 0.1) is 4.90 Å². The number of anilines is 1. The van der Waals surface area contributed by atoms with Crippen LogP contribution in [0, 0.1) is 0 Å². The fourth-order valence-electron chi connectivity index (χ4n) is 2.95. The average Bonchev–Trinajstić information content (AvgIpc) is 2.60. The van der Waals surface area contributed by atoms with Crippen LogP contribution < -0.4 is 10.0 Å². The molecule has 0 aliphatic carbocycles. The van der Waals surface area contributed by atoms with Crippen molar-refractivity contribution in [1.29, 1.82) is 0 Å². The molecule has 1 aliphatic heterocycles. The molecule has 0 aromatic heterocycles. The minimum absolute atomic E-state index is 0.0317. The maximum Gasteiger partial charge on any atom is 0.240 e. The van der Waals surface area contributed by atoms with Gasteiger partial charge in [0, 0.05) is 18.2 Å². The van der Waals surface area contributed by atoms with Crippen LogP contribution in [0.25, 0.3) is 0 Å². The van der Waals surface area contributed by atoms with Gasteiger partial charge in [-0.15, -0.1) is 0 Å². The van der Waals surface area contributed by atoms with E-state index in [0.717, 1.165) is 18.4 Å². The minimum Gasteiger partial charge on any atom is -0.326 e. The molecule has 25 heavy (non-hydrogen) atoms. The highest BCUT2D eigenvalue weighted by molar-refractivity contribution is 7.89. The molecule has 1 atom stereocenters. The Morgan fingerprint density at radius 2 is 1.88 bits per heavy atom. The number of carbonyl (C=O) groups is 1. The van der Waals surface area contributed by atoms with Crippen LogP contribution in [0.2, 0.25) is 0 Å². The molecule has 1 amide bonds. The van der Waals surface area contributed by atoms with E-state index in [2.05, 4.69) is 10.0 Å². The molecule has 0 spiro atoms. The summed E-state index contributed by atoms with van der Waals surface area (Å²) < 4.78 is 28.0. The number of hydrogen-bond acceptors (Lipinski definition) is 3. The zero-order chi connectivity index (χ0) is 17.9. The predicted octanol–water partition coefficient (Wildman–Crippen LogP) is 2.87. The quantitative estimate of drug-likeness (QED) is 0.834. The van der Waals surface area contributed by atoms with Gasteiger partial charge in [0.25, 0.3) is 0 Å². The predicted molar refractivity (Wildman–Crippen MR) is 97.9 cm³/mol. The first-order chi connectivity index (χ1) is 11.9. The van der Waals surface area contributed by atoms with E-state index in [1.54, 1.807) is 12.1 Å². The lowest BCUT2D eigenvalue weighted by molar-refractivity contribution is -0.116. The van der Waals surface area contributed by atoms with Crippen LogP contribution in [0.4, 0.5) is 5.69 Å². The maximum absolute atomic E-state index is 12.6. The van der Waals surface area contributed by atoms with Crippen molar-refractivity contribution in [3.05, 3.63) is 59.7 Å². The van der Waals surface area contributed by atoms with E-state index in [1.807, 2.05) is 37.3 Å². The summed E-state index contributed by atoms with van der Waals surface area (Å²) in [5.41, 5.74) is 2.75. The molecule has 0 saturated carbocycles. The van der Waals surface area contributed by atoms with Gasteiger partial charge in [-0.25, -0.2) is 13.1 Å². The Labute approximate surface area is 148 Å². The number of amides is 1. The smallest absolute Gasteiger partial charge is 0.240 e. The van der Waals surface area contributed by atoms with E-state index >= 15 is 0 Å². The summed E-state index contributed by atoms with van der Waals surface area (Å²) in [6.07, 6.45) is 2.50. The molecular weight excluding hydrogens is 336 g/mol. The third kappa shape index (κ3) is 4.46. The van der Waals surface area contributed by atoms with E-state index in [1.165, 1.54) is 11.6 Å². The number of aryl methyl sites for hydroxylation is 2. The minimum atomic E-state index is -3.57. The fraction of sp³-hybridized carbons (Fsp3) is 0.316. The molecule has 1 heterocycles. The molecule has 0 unspecified atom stereocenters. The molecule has 0 bridgehead atoms. The fourth-order valence-corrected chi connectivity index (χ4v) is 4.27. The second-order valence-electron chi connectivity index (χ2n) is 6.41. The SMILES string of the molecule is C[C@H](CCc1ccccc1)NS(=O)(=O)c1ccc2c(c1)CCC(=O)N2. The summed E-state index contributed by atoms with van der Waals surface area (Å²) in [6.45, 7) is 1.87. The third-order valence-electron chi connectivity index (χ3n) is 4.35. The van der Waals surface area contributed by atoms with Crippen molar-refractivity contribution in [2.45, 2.75) is 43.5 Å². The van der Waals surface area contributed by atoms with Crippen LogP contribution in [-0.2, 0) is 27.7 Å². The van der Waals surface area contributed by atoms with Crippen molar-refractivity contribution < 1.29 is 13.2 Å². The van der Waals surface area contributed by atoms with E-state index in [9.17, 15) is 13.2 Å². The standard InChI is InChI=1S/C19H22N2O3S/c1-14(7-8-15-5-3-2-4-6-15)21-25(23,24)17-10-11-18-16(13-17)9-12-19(22)20-18/h2-6,10-11,13-14,21H,7-9,12H2,1H3,(H,20,22)/t14-/m1/s1. The molecule has 0 fully saturated rings. The van der Waals surface area contributed by atoms with Gasteiger partial charge >= 0.3 is 0 Å². The summed E-state index contributed by atoms with van der Waals surface area (Å²) in [4.78, 5) is 11.6. The first-order valence-corrected chi connectivity index (χ1v) is 9.91. The highest BCUT2D eigenvalue weighted by atomic mass is 32.2. The first kappa shape index (κ1) is 17.6. The van der Waals surface area contributed by atoms with Crippen molar-refractivity contribution in [2.24, 2.45) is 0 Å². The highest BCUT2D eigenvalue weighted by Gasteiger charge is 2.21. The second-order valence-corrected chi connectivity index (χ2v) is 8.13. The van der Waals surface area contributed by atoms with Gasteiger partial charge in [-0.2, -0.15) is 0 Å². The van der Waals surface area contributed by atoms with Crippen LogP contribution >= 0.6 is 0 Å². The van der Waals surface area contributed by atoms with Gasteiger partial charge in [-0.3, -0.25) is 4.79 Å². The summed E-state index contributed by atoms with van der Waals surface area (Å²) in [5, 5.41) is 2.76. The van der Waals surface area contributed by atoms with Crippen LogP contribution in [0.15, 0.2) is 53.4 Å². The monoisotopic (exact) mass is 358 g/mol. The van der Waals surface area contributed by atoms with Crippen molar-refractivity contribution in [3.8, 4) is 0 Å². The van der Waals surface area contributed by atoms with E-state index in [4.69, 9.17) is 0 Å². The van der Waals surface area contributed by atoms with E-state index in [-0.39, 0.29) is 16.8 Å². The number of rotatable bonds is 6. The molecule has 2 aromatic carbocycles. The zero-order valence-electron chi connectivity index (χ0n) is 14.2. The molecule has 5 nitrogen and oxygen atoms in total. The lowest BCUT2D eigenvalue weighted by Crippen LogP contribution is -2.33. The Morgan fingerprint density at radius 3 is 2.64 bits per heavy atom. The van der Waals surface area contributed by atoms with Gasteiger partial charge < -0.3 is 5.32 Å². The lowest BCUT2D eigenvalue weighted by atomic mass is 10.0. The zero-order valence-corrected chi connectivity index (χ0v) is 15.0. The molecule has 3 rings (SSSR count). The second kappa shape index (κ2) is 7.37. The lowest BCUT2D eigenvalue weighted by Gasteiger charge is -2.19. The molecule has 2 aromatic rings. The summed E-state index contributed by atoms with van der Waals surface area (Å²) in [7, 11) is -3.57. The summed E-state index contributed by atoms with van der Waals surface area (Å²) in [6, 6.07) is 14.7. The van der Waals surface area contributed by atoms with Gasteiger partial charge in [0.15, 0.2) is 0 Å². The van der Waals surface area contributed by atoms with Gasteiger partial charge in [0.1, 0.15) is 0 Å². The molecule has 0 saturated heterocycles. The maximum atomic E-state index is 12.6. The Morgan fingerprint density at radius 1 is 1.12 bits per heavy atom. The van der Waals surface area contributed by atoms with E-state index < -0.39 is 10.0 Å². The molecule has 6 heteroatoms. The molecule has 132 valence electrons.